The van der Waals surface area contributed by atoms with E-state index in [4.69, 9.17) is 14.2 Å². The number of amides is 3. The van der Waals surface area contributed by atoms with E-state index in [9.17, 15) is 9.59 Å². The maximum Gasteiger partial charge on any atom is 0.426 e. The summed E-state index contributed by atoms with van der Waals surface area (Å²) in [7, 11) is 1.57. The number of hydrogen-bond donors (Lipinski definition) is 1. The first-order valence-corrected chi connectivity index (χ1v) is 8.40. The number of urea groups is 1. The van der Waals surface area contributed by atoms with Crippen LogP contribution in [0.4, 0.5) is 4.79 Å². The van der Waals surface area contributed by atoms with E-state index in [0.717, 1.165) is 11.1 Å². The number of fused-ring (bicyclic) bond motifs is 2. The van der Waals surface area contributed by atoms with Crippen LogP contribution in [-0.2, 0) is 11.3 Å². The van der Waals surface area contributed by atoms with Gasteiger partial charge in [0.1, 0.15) is 12.3 Å². The number of ether oxygens (including phenoxy) is 3. The van der Waals surface area contributed by atoms with Crippen LogP contribution in [0.3, 0.4) is 0 Å². The first-order valence-electron chi connectivity index (χ1n) is 8.40. The normalized spacial score (nSPS) is 27.9. The highest BCUT2D eigenvalue weighted by Crippen LogP contribution is 2.53. The van der Waals surface area contributed by atoms with E-state index in [1.54, 1.807) is 13.2 Å². The fraction of sp³-hybridized carbons (Fsp3) is 0.263. The first-order chi connectivity index (χ1) is 12.6. The van der Waals surface area contributed by atoms with Crippen LogP contribution in [0, 0.1) is 0 Å². The SMILES string of the molecule is COc1cc2c(cc1C1C3NC(=O)[N+]1(Cc1ccccc1)C3=O)OCO2. The van der Waals surface area contributed by atoms with Gasteiger partial charge in [-0.15, -0.1) is 0 Å². The van der Waals surface area contributed by atoms with E-state index in [0.29, 0.717) is 23.8 Å². The molecule has 1 N–H and O–H groups in total. The standard InChI is InChI=1S/C19H16N2O5/c1-24-13-8-15-14(25-10-26-15)7-12(13)17-16-18(22)21(17,19(23)20-16)9-11-5-3-2-4-6-11/h2-8,16-17H,9-10H2,1H3/p+1. The quantitative estimate of drug-likeness (QED) is 0.518. The third kappa shape index (κ3) is 1.80. The second-order valence-corrected chi connectivity index (χ2v) is 6.67. The maximum atomic E-state index is 12.8. The second kappa shape index (κ2) is 5.22. The summed E-state index contributed by atoms with van der Waals surface area (Å²) in [5, 5.41) is 2.83. The van der Waals surface area contributed by atoms with E-state index in [1.807, 2.05) is 36.4 Å². The Hall–Kier alpha value is -3.06. The van der Waals surface area contributed by atoms with Gasteiger partial charge in [0.2, 0.25) is 12.8 Å². The number of carbonyl (C=O) groups is 2. The van der Waals surface area contributed by atoms with Crippen LogP contribution < -0.4 is 19.5 Å². The fourth-order valence-electron chi connectivity index (χ4n) is 4.19. The monoisotopic (exact) mass is 353 g/mol. The van der Waals surface area contributed by atoms with Crippen molar-refractivity contribution in [2.24, 2.45) is 0 Å². The Bertz CT molecular complexity index is 919. The third-order valence-electron chi connectivity index (χ3n) is 5.41. The molecule has 4 heterocycles. The number of nitrogens with zero attached hydrogens (tertiary/aromatic N) is 1. The minimum absolute atomic E-state index is 0.108. The smallest absolute Gasteiger partial charge is 0.426 e. The van der Waals surface area contributed by atoms with E-state index in [1.165, 1.54) is 0 Å². The van der Waals surface area contributed by atoms with Crippen molar-refractivity contribution in [3.05, 3.63) is 53.6 Å². The molecule has 3 unspecified atom stereocenters. The number of carbonyl (C=O) groups excluding carboxylic acids is 2. The van der Waals surface area contributed by atoms with Crippen molar-refractivity contribution in [3.8, 4) is 17.2 Å². The van der Waals surface area contributed by atoms with Crippen molar-refractivity contribution in [1.29, 1.82) is 0 Å². The second-order valence-electron chi connectivity index (χ2n) is 6.67. The van der Waals surface area contributed by atoms with Gasteiger partial charge in [-0.25, -0.2) is 9.59 Å². The number of benzene rings is 2. The molecule has 0 spiro atoms. The van der Waals surface area contributed by atoms with Crippen molar-refractivity contribution in [2.45, 2.75) is 18.6 Å². The van der Waals surface area contributed by atoms with E-state index in [-0.39, 0.29) is 29.3 Å². The van der Waals surface area contributed by atoms with Crippen LogP contribution in [0.1, 0.15) is 17.2 Å². The molecule has 0 radical (unpaired) electrons. The molecule has 2 aromatic rings. The van der Waals surface area contributed by atoms with Gasteiger partial charge in [-0.2, -0.15) is 4.48 Å². The summed E-state index contributed by atoms with van der Waals surface area (Å²) < 4.78 is 16.1. The van der Waals surface area contributed by atoms with Crippen molar-refractivity contribution >= 4 is 11.9 Å². The van der Waals surface area contributed by atoms with Gasteiger partial charge in [-0.05, 0) is 6.07 Å². The lowest BCUT2D eigenvalue weighted by Crippen LogP contribution is -2.66. The number of methoxy groups -OCH3 is 1. The van der Waals surface area contributed by atoms with Gasteiger partial charge < -0.3 is 14.2 Å². The molecular weight excluding hydrogens is 336 g/mol. The summed E-state index contributed by atoms with van der Waals surface area (Å²) in [5.41, 5.74) is 1.71. The lowest BCUT2D eigenvalue weighted by molar-refractivity contribution is -0.837. The maximum absolute atomic E-state index is 12.8. The summed E-state index contributed by atoms with van der Waals surface area (Å²) in [5.74, 6) is 1.69. The minimum Gasteiger partial charge on any atom is -0.496 e. The Morgan fingerprint density at radius 1 is 1.15 bits per heavy atom. The molecule has 2 aromatic carbocycles. The summed E-state index contributed by atoms with van der Waals surface area (Å²) in [6.07, 6.45) is 0. The highest BCUT2D eigenvalue weighted by atomic mass is 16.7. The van der Waals surface area contributed by atoms with Gasteiger partial charge in [0, 0.05) is 11.6 Å². The van der Waals surface area contributed by atoms with Crippen LogP contribution in [0.25, 0.3) is 0 Å². The van der Waals surface area contributed by atoms with Crippen molar-refractivity contribution in [3.63, 3.8) is 0 Å². The van der Waals surface area contributed by atoms with Gasteiger partial charge >= 0.3 is 11.9 Å². The Morgan fingerprint density at radius 3 is 2.58 bits per heavy atom. The van der Waals surface area contributed by atoms with Crippen molar-refractivity contribution in [1.82, 2.24) is 5.32 Å². The van der Waals surface area contributed by atoms with Crippen LogP contribution >= 0.6 is 0 Å². The lowest BCUT2D eigenvalue weighted by atomic mass is 9.86. The number of hydrogen-bond acceptors (Lipinski definition) is 5. The van der Waals surface area contributed by atoms with Gasteiger partial charge in [-0.3, -0.25) is 5.32 Å². The zero-order chi connectivity index (χ0) is 17.9. The van der Waals surface area contributed by atoms with Crippen LogP contribution in [0.5, 0.6) is 17.2 Å². The summed E-state index contributed by atoms with van der Waals surface area (Å²) in [6, 6.07) is 12.0. The Morgan fingerprint density at radius 2 is 1.88 bits per heavy atom. The molecule has 4 aliphatic heterocycles. The molecule has 3 atom stereocenters. The molecule has 132 valence electrons. The zero-order valence-electron chi connectivity index (χ0n) is 14.1. The molecular formula is C19H17N2O5+. The van der Waals surface area contributed by atoms with E-state index in [2.05, 4.69) is 5.32 Å². The number of β-lactam (4-membered cyclic amide) rings is 1. The Kier molecular flexibility index (Phi) is 3.05. The molecule has 4 aliphatic rings. The predicted octanol–water partition coefficient (Wildman–Crippen LogP) is 2.11. The Balaban J connectivity index is 1.61. The van der Waals surface area contributed by atoms with Crippen LogP contribution in [0.15, 0.2) is 42.5 Å². The number of quaternary nitrogens is 1. The molecule has 3 fully saturated rings. The molecule has 0 saturated carbocycles. The topological polar surface area (TPSA) is 73.9 Å². The average Bonchev–Trinajstić information content (AvgIpc) is 3.30. The van der Waals surface area contributed by atoms with Crippen LogP contribution in [0.2, 0.25) is 0 Å². The molecule has 2 bridgehead atoms. The Labute approximate surface area is 149 Å². The minimum atomic E-state index is -0.541. The van der Waals surface area contributed by atoms with E-state index >= 15 is 0 Å². The predicted molar refractivity (Wildman–Crippen MR) is 89.6 cm³/mol. The van der Waals surface area contributed by atoms with Gasteiger partial charge in [-0.1, -0.05) is 30.3 Å². The zero-order valence-corrected chi connectivity index (χ0v) is 14.1. The van der Waals surface area contributed by atoms with Gasteiger partial charge in [0.15, 0.2) is 17.5 Å². The van der Waals surface area contributed by atoms with Crippen molar-refractivity contribution in [2.75, 3.05) is 13.9 Å². The summed E-state index contributed by atoms with van der Waals surface area (Å²) in [6.45, 7) is 0.459. The molecule has 7 nitrogen and oxygen atoms in total. The molecule has 26 heavy (non-hydrogen) atoms. The highest BCUT2D eigenvalue weighted by molar-refractivity contribution is 6.00. The summed E-state index contributed by atoms with van der Waals surface area (Å²) in [4.78, 5) is 25.5. The highest BCUT2D eigenvalue weighted by Gasteiger charge is 2.76. The number of rotatable bonds is 4. The largest absolute Gasteiger partial charge is 0.496 e. The van der Waals surface area contributed by atoms with Gasteiger partial charge in [0.25, 0.3) is 0 Å². The molecule has 0 aromatic heterocycles. The molecule has 0 aliphatic carbocycles. The lowest BCUT2D eigenvalue weighted by Gasteiger charge is -2.42. The number of imide groups is 1. The average molecular weight is 353 g/mol. The molecule has 6 rings (SSSR count). The molecule has 7 heteroatoms. The third-order valence-corrected chi connectivity index (χ3v) is 5.41. The fourth-order valence-corrected chi connectivity index (χ4v) is 4.19. The first kappa shape index (κ1) is 15.2. The molecule has 3 saturated heterocycles. The van der Waals surface area contributed by atoms with Crippen LogP contribution in [-0.4, -0.2) is 36.4 Å². The number of nitrogens with one attached hydrogen (secondary N) is 1. The summed E-state index contributed by atoms with van der Waals surface area (Å²) >= 11 is 0. The van der Waals surface area contributed by atoms with Gasteiger partial charge in [0.05, 0.1) is 12.7 Å². The van der Waals surface area contributed by atoms with Crippen molar-refractivity contribution < 1.29 is 28.3 Å². The van der Waals surface area contributed by atoms with E-state index < -0.39 is 6.04 Å². The molecule has 3 amide bonds.